The SMILES string of the molecule is CC(C)OC(=O)[C@@]1(C#N)CSC2(C(C)(C)C(=O)C2(C)C)[C@@]1(C#N)C(=O)OC(C)C. The highest BCUT2D eigenvalue weighted by Gasteiger charge is 2.91. The van der Waals surface area contributed by atoms with Crippen molar-refractivity contribution in [1.82, 2.24) is 0 Å². The summed E-state index contributed by atoms with van der Waals surface area (Å²) in [5.74, 6) is -2.18. The average molecular weight is 421 g/mol. The molecule has 1 saturated carbocycles. The predicted octanol–water partition coefficient (Wildman–Crippen LogP) is 3.03. The lowest BCUT2D eigenvalue weighted by molar-refractivity contribution is -0.195. The van der Waals surface area contributed by atoms with Gasteiger partial charge >= 0.3 is 11.9 Å². The Morgan fingerprint density at radius 2 is 1.38 bits per heavy atom. The summed E-state index contributed by atoms with van der Waals surface area (Å²) in [5, 5.41) is 20.7. The molecule has 0 aromatic rings. The molecule has 0 amide bonds. The van der Waals surface area contributed by atoms with Crippen LogP contribution in [0.5, 0.6) is 0 Å². The minimum absolute atomic E-state index is 0.138. The van der Waals surface area contributed by atoms with Crippen molar-refractivity contribution < 1.29 is 23.9 Å². The zero-order valence-electron chi connectivity index (χ0n) is 18.2. The van der Waals surface area contributed by atoms with Crippen LogP contribution in [-0.4, -0.2) is 40.4 Å². The first-order chi connectivity index (χ1) is 13.2. The minimum atomic E-state index is -2.21. The molecule has 2 rings (SSSR count). The molecule has 158 valence electrons. The van der Waals surface area contributed by atoms with Gasteiger partial charge in [-0.2, -0.15) is 10.5 Å². The Hall–Kier alpha value is -2.06. The molecule has 0 bridgehead atoms. The standard InChI is InChI=1S/C21H28N2O5S/c1-12(2)27-15(25)19(9-22)11-29-21(17(5,6)14(24)18(21,7)8)20(19,10-23)16(26)28-13(3)4/h12-13H,11H2,1-8H3/t19-,20+/m1/s1. The van der Waals surface area contributed by atoms with E-state index >= 15 is 0 Å². The second-order valence-corrected chi connectivity index (χ2v) is 10.5. The lowest BCUT2D eigenvalue weighted by Crippen LogP contribution is -2.80. The van der Waals surface area contributed by atoms with E-state index in [0.29, 0.717) is 0 Å². The Kier molecular flexibility index (Phi) is 5.39. The van der Waals surface area contributed by atoms with Crippen molar-refractivity contribution in [3.8, 4) is 12.1 Å². The van der Waals surface area contributed by atoms with Crippen molar-refractivity contribution in [2.75, 3.05) is 5.75 Å². The number of hydrogen-bond donors (Lipinski definition) is 0. The van der Waals surface area contributed by atoms with Gasteiger partial charge in [-0.1, -0.05) is 27.7 Å². The third-order valence-corrected chi connectivity index (χ3v) is 8.60. The monoisotopic (exact) mass is 420 g/mol. The number of hydrogen-bond acceptors (Lipinski definition) is 8. The quantitative estimate of drug-likeness (QED) is 0.637. The largest absolute Gasteiger partial charge is 0.462 e. The van der Waals surface area contributed by atoms with Gasteiger partial charge in [0, 0.05) is 16.6 Å². The Bertz CT molecular complexity index is 830. The van der Waals surface area contributed by atoms with Crippen LogP contribution >= 0.6 is 11.8 Å². The smallest absolute Gasteiger partial charge is 0.330 e. The summed E-state index contributed by atoms with van der Waals surface area (Å²) in [5.41, 5.74) is -6.58. The lowest BCUT2D eigenvalue weighted by atomic mass is 9.36. The molecule has 2 aliphatic rings. The molecule has 2 atom stereocenters. The molecule has 2 fully saturated rings. The van der Waals surface area contributed by atoms with Gasteiger partial charge in [-0.15, -0.1) is 11.8 Å². The van der Waals surface area contributed by atoms with E-state index in [1.807, 2.05) is 12.1 Å². The molecule has 0 unspecified atom stereocenters. The summed E-state index contributed by atoms with van der Waals surface area (Å²) < 4.78 is 9.46. The summed E-state index contributed by atoms with van der Waals surface area (Å²) in [6, 6.07) is 3.99. The van der Waals surface area contributed by atoms with Crippen LogP contribution in [0.15, 0.2) is 0 Å². The molecule has 8 heteroatoms. The number of ketones is 1. The van der Waals surface area contributed by atoms with Crippen LogP contribution in [0.2, 0.25) is 0 Å². The van der Waals surface area contributed by atoms with E-state index in [-0.39, 0.29) is 11.5 Å². The molecule has 1 saturated heterocycles. The number of Topliss-reactive ketones (excluding diaryl/α,β-unsaturated/α-hetero) is 1. The van der Waals surface area contributed by atoms with E-state index in [9.17, 15) is 24.9 Å². The zero-order chi connectivity index (χ0) is 22.6. The predicted molar refractivity (Wildman–Crippen MR) is 106 cm³/mol. The molecule has 0 radical (unpaired) electrons. The van der Waals surface area contributed by atoms with Crippen LogP contribution in [-0.2, 0) is 23.9 Å². The summed E-state index contributed by atoms with van der Waals surface area (Å²) >= 11 is 1.16. The topological polar surface area (TPSA) is 117 Å². The number of carbonyl (C=O) groups excluding carboxylic acids is 3. The van der Waals surface area contributed by atoms with E-state index in [4.69, 9.17) is 9.47 Å². The maximum Gasteiger partial charge on any atom is 0.330 e. The summed E-state index contributed by atoms with van der Waals surface area (Å²) in [6.45, 7) is 13.1. The molecule has 1 aliphatic heterocycles. The number of ether oxygens (including phenoxy) is 2. The summed E-state index contributed by atoms with van der Waals surface area (Å²) in [4.78, 5) is 39.7. The molecule has 1 heterocycles. The van der Waals surface area contributed by atoms with Crippen molar-refractivity contribution >= 4 is 29.5 Å². The van der Waals surface area contributed by atoms with Gasteiger partial charge < -0.3 is 9.47 Å². The van der Waals surface area contributed by atoms with E-state index in [0.717, 1.165) is 11.8 Å². The van der Waals surface area contributed by atoms with Crippen molar-refractivity contribution in [3.05, 3.63) is 0 Å². The van der Waals surface area contributed by atoms with Crippen LogP contribution in [0.1, 0.15) is 55.4 Å². The van der Waals surface area contributed by atoms with Gasteiger partial charge in [-0.3, -0.25) is 14.4 Å². The second kappa shape index (κ2) is 6.74. The van der Waals surface area contributed by atoms with Crippen molar-refractivity contribution in [1.29, 1.82) is 10.5 Å². The molecule has 29 heavy (non-hydrogen) atoms. The van der Waals surface area contributed by atoms with E-state index in [1.165, 1.54) is 0 Å². The van der Waals surface area contributed by atoms with Crippen LogP contribution in [0.3, 0.4) is 0 Å². The normalized spacial score (nSPS) is 31.1. The number of rotatable bonds is 4. The van der Waals surface area contributed by atoms with Crippen LogP contribution in [0.25, 0.3) is 0 Å². The molecule has 7 nitrogen and oxygen atoms in total. The molecule has 1 spiro atoms. The molecular weight excluding hydrogens is 392 g/mol. The third kappa shape index (κ3) is 2.39. The van der Waals surface area contributed by atoms with Crippen LogP contribution in [0, 0.1) is 44.3 Å². The van der Waals surface area contributed by atoms with Crippen LogP contribution in [0.4, 0.5) is 0 Å². The maximum atomic E-state index is 13.5. The first kappa shape index (κ1) is 23.2. The molecule has 0 aromatic carbocycles. The zero-order valence-corrected chi connectivity index (χ0v) is 19.0. The van der Waals surface area contributed by atoms with Gasteiger partial charge in [0.1, 0.15) is 5.78 Å². The number of thioether (sulfide) groups is 1. The third-order valence-electron chi connectivity index (χ3n) is 6.27. The Balaban J connectivity index is 2.92. The second-order valence-electron chi connectivity index (χ2n) is 9.34. The molecular formula is C21H28N2O5S. The van der Waals surface area contributed by atoms with Gasteiger partial charge in [-0.05, 0) is 27.7 Å². The fourth-order valence-electron chi connectivity index (χ4n) is 5.38. The van der Waals surface area contributed by atoms with Crippen molar-refractivity contribution in [3.63, 3.8) is 0 Å². The lowest BCUT2D eigenvalue weighted by Gasteiger charge is -2.67. The highest BCUT2D eigenvalue weighted by Crippen LogP contribution is 2.79. The minimum Gasteiger partial charge on any atom is -0.462 e. The summed E-state index contributed by atoms with van der Waals surface area (Å²) in [7, 11) is 0. The van der Waals surface area contributed by atoms with Crippen LogP contribution < -0.4 is 0 Å². The molecule has 1 aliphatic carbocycles. The first-order valence-electron chi connectivity index (χ1n) is 9.59. The van der Waals surface area contributed by atoms with Gasteiger partial charge in [0.15, 0.2) is 5.41 Å². The van der Waals surface area contributed by atoms with E-state index in [2.05, 4.69) is 0 Å². The number of esters is 2. The van der Waals surface area contributed by atoms with Crippen molar-refractivity contribution in [2.24, 2.45) is 21.7 Å². The van der Waals surface area contributed by atoms with Gasteiger partial charge in [-0.25, -0.2) is 0 Å². The number of nitrogens with zero attached hydrogens (tertiary/aromatic N) is 2. The Morgan fingerprint density at radius 3 is 1.76 bits per heavy atom. The van der Waals surface area contributed by atoms with E-state index < -0.39 is 50.6 Å². The number of nitriles is 2. The molecule has 0 N–H and O–H groups in total. The van der Waals surface area contributed by atoms with Gasteiger partial charge in [0.2, 0.25) is 5.41 Å². The van der Waals surface area contributed by atoms with Gasteiger partial charge in [0.05, 0.1) is 29.1 Å². The Morgan fingerprint density at radius 1 is 0.931 bits per heavy atom. The first-order valence-corrected chi connectivity index (χ1v) is 10.6. The van der Waals surface area contributed by atoms with Gasteiger partial charge in [0.25, 0.3) is 0 Å². The maximum absolute atomic E-state index is 13.5. The number of carbonyl (C=O) groups is 3. The highest BCUT2D eigenvalue weighted by atomic mass is 32.2. The highest BCUT2D eigenvalue weighted by molar-refractivity contribution is 8.01. The summed E-state index contributed by atoms with van der Waals surface area (Å²) in [6.07, 6.45) is -1.12. The van der Waals surface area contributed by atoms with Crippen molar-refractivity contribution in [2.45, 2.75) is 72.3 Å². The van der Waals surface area contributed by atoms with E-state index in [1.54, 1.807) is 55.4 Å². The average Bonchev–Trinajstić information content (AvgIpc) is 2.94. The fraction of sp³-hybridized carbons (Fsp3) is 0.762. The molecule has 0 aromatic heterocycles. The Labute approximate surface area is 176 Å². The fourth-order valence-corrected chi connectivity index (χ4v) is 7.64.